The number of carbonyl (C=O) groups excluding carboxylic acids is 1. The molecule has 0 spiro atoms. The van der Waals surface area contributed by atoms with Crippen LogP contribution >= 0.6 is 0 Å². The molecule has 0 saturated heterocycles. The average Bonchev–Trinajstić information content (AvgIpc) is 2.11. The third-order valence-corrected chi connectivity index (χ3v) is 2.46. The minimum Gasteiger partial charge on any atom is -0.356 e. The fourth-order valence-electron chi connectivity index (χ4n) is 1.02. The molecule has 0 aliphatic carbocycles. The summed E-state index contributed by atoms with van der Waals surface area (Å²) in [5, 5.41) is 2.91. The zero-order valence-corrected chi connectivity index (χ0v) is 8.68. The maximum Gasteiger partial charge on any atom is 0.223 e. The zero-order valence-electron chi connectivity index (χ0n) is 8.68. The summed E-state index contributed by atoms with van der Waals surface area (Å²) < 4.78 is 0. The minimum atomic E-state index is 0.154. The molecular formula is C10H21NO. The summed E-state index contributed by atoms with van der Waals surface area (Å²) in [5.74, 6) is 0.842. The quantitative estimate of drug-likeness (QED) is 0.675. The summed E-state index contributed by atoms with van der Waals surface area (Å²) in [6.07, 6.45) is 2.08. The summed E-state index contributed by atoms with van der Waals surface area (Å²) in [7, 11) is 0. The van der Waals surface area contributed by atoms with Crippen LogP contribution in [0, 0.1) is 11.8 Å². The Morgan fingerprint density at radius 2 is 1.92 bits per heavy atom. The summed E-state index contributed by atoms with van der Waals surface area (Å²) in [4.78, 5) is 11.4. The molecule has 0 rings (SSSR count). The molecule has 0 saturated carbocycles. The van der Waals surface area contributed by atoms with Crippen LogP contribution in [0.15, 0.2) is 0 Å². The lowest BCUT2D eigenvalue weighted by Crippen LogP contribution is -2.32. The molecule has 2 heteroatoms. The third kappa shape index (κ3) is 3.74. The molecule has 0 aromatic rings. The van der Waals surface area contributed by atoms with Gasteiger partial charge in [-0.05, 0) is 12.3 Å². The average molecular weight is 171 g/mol. The van der Waals surface area contributed by atoms with Gasteiger partial charge in [-0.2, -0.15) is 0 Å². The van der Waals surface area contributed by atoms with Crippen molar-refractivity contribution in [2.24, 2.45) is 11.8 Å². The van der Waals surface area contributed by atoms with E-state index in [1.54, 1.807) is 0 Å². The van der Waals surface area contributed by atoms with Crippen LogP contribution in [0.2, 0.25) is 0 Å². The molecule has 2 nitrogen and oxygen atoms in total. The number of hydrogen-bond acceptors (Lipinski definition) is 1. The molecule has 12 heavy (non-hydrogen) atoms. The van der Waals surface area contributed by atoms with E-state index in [0.29, 0.717) is 5.92 Å². The van der Waals surface area contributed by atoms with E-state index in [0.717, 1.165) is 19.4 Å². The first-order chi connectivity index (χ1) is 5.63. The van der Waals surface area contributed by atoms with E-state index in [4.69, 9.17) is 0 Å². The van der Waals surface area contributed by atoms with Crippen LogP contribution in [-0.4, -0.2) is 12.5 Å². The fourth-order valence-corrected chi connectivity index (χ4v) is 1.02. The zero-order chi connectivity index (χ0) is 9.56. The maximum absolute atomic E-state index is 11.4. The van der Waals surface area contributed by atoms with E-state index in [2.05, 4.69) is 26.1 Å². The van der Waals surface area contributed by atoms with E-state index in [-0.39, 0.29) is 11.8 Å². The lowest BCUT2D eigenvalue weighted by Gasteiger charge is -2.17. The predicted molar refractivity (Wildman–Crippen MR) is 51.9 cm³/mol. The molecule has 0 aliphatic heterocycles. The van der Waals surface area contributed by atoms with Crippen LogP contribution in [-0.2, 0) is 4.79 Å². The topological polar surface area (TPSA) is 29.1 Å². The van der Waals surface area contributed by atoms with Crippen LogP contribution in [0.25, 0.3) is 0 Å². The summed E-state index contributed by atoms with van der Waals surface area (Å²) in [5.41, 5.74) is 0. The van der Waals surface area contributed by atoms with Gasteiger partial charge in [-0.1, -0.05) is 34.1 Å². The molecule has 1 unspecified atom stereocenters. The lowest BCUT2D eigenvalue weighted by molar-refractivity contribution is -0.125. The summed E-state index contributed by atoms with van der Waals surface area (Å²) in [6.45, 7) is 9.11. The van der Waals surface area contributed by atoms with Crippen molar-refractivity contribution < 1.29 is 4.79 Å². The van der Waals surface area contributed by atoms with E-state index >= 15 is 0 Å². The van der Waals surface area contributed by atoms with Crippen LogP contribution < -0.4 is 5.32 Å². The molecule has 0 aromatic carbocycles. The predicted octanol–water partition coefficient (Wildman–Crippen LogP) is 2.19. The van der Waals surface area contributed by atoms with Gasteiger partial charge in [0.1, 0.15) is 0 Å². The van der Waals surface area contributed by atoms with Crippen molar-refractivity contribution in [1.29, 1.82) is 0 Å². The molecule has 0 aromatic heterocycles. The van der Waals surface area contributed by atoms with Crippen molar-refractivity contribution in [3.63, 3.8) is 0 Å². The first kappa shape index (κ1) is 11.5. The molecular weight excluding hydrogens is 150 g/mol. The first-order valence-electron chi connectivity index (χ1n) is 4.91. The van der Waals surface area contributed by atoms with Gasteiger partial charge in [0.2, 0.25) is 5.91 Å². The van der Waals surface area contributed by atoms with E-state index in [9.17, 15) is 4.79 Å². The molecule has 0 bridgehead atoms. The second kappa shape index (κ2) is 6.04. The number of hydrogen-bond donors (Lipinski definition) is 1. The number of carbonyl (C=O) groups is 1. The van der Waals surface area contributed by atoms with Crippen LogP contribution in [0.5, 0.6) is 0 Å². The van der Waals surface area contributed by atoms with Crippen molar-refractivity contribution in [3.8, 4) is 0 Å². The van der Waals surface area contributed by atoms with Gasteiger partial charge in [0.15, 0.2) is 0 Å². The Balaban J connectivity index is 3.75. The first-order valence-corrected chi connectivity index (χ1v) is 4.91. The number of nitrogens with one attached hydrogen (secondary N) is 1. The van der Waals surface area contributed by atoms with E-state index in [1.807, 2.05) is 6.92 Å². The Hall–Kier alpha value is -0.530. The highest BCUT2D eigenvalue weighted by Gasteiger charge is 2.17. The van der Waals surface area contributed by atoms with Gasteiger partial charge < -0.3 is 5.32 Å². The van der Waals surface area contributed by atoms with E-state index < -0.39 is 0 Å². The van der Waals surface area contributed by atoms with Gasteiger partial charge in [0, 0.05) is 12.5 Å². The second-order valence-corrected chi connectivity index (χ2v) is 3.47. The van der Waals surface area contributed by atoms with Crippen LogP contribution in [0.3, 0.4) is 0 Å². The SMILES string of the molecule is CCCNC(=O)C(C)[C@@H](C)CC. The van der Waals surface area contributed by atoms with Gasteiger partial charge in [-0.3, -0.25) is 4.79 Å². The number of amides is 1. The fraction of sp³-hybridized carbons (Fsp3) is 0.900. The smallest absolute Gasteiger partial charge is 0.223 e. The van der Waals surface area contributed by atoms with E-state index in [1.165, 1.54) is 0 Å². The molecule has 0 aliphatic rings. The van der Waals surface area contributed by atoms with Crippen LogP contribution in [0.4, 0.5) is 0 Å². The standard InChI is InChI=1S/C10H21NO/c1-5-7-11-10(12)9(4)8(3)6-2/h8-9H,5-7H2,1-4H3,(H,11,12)/t8-,9?/m0/s1. The normalized spacial score (nSPS) is 15.3. The Bertz CT molecular complexity index is 134. The molecule has 0 radical (unpaired) electrons. The van der Waals surface area contributed by atoms with Crippen molar-refractivity contribution >= 4 is 5.91 Å². The highest BCUT2D eigenvalue weighted by atomic mass is 16.1. The Kier molecular flexibility index (Phi) is 5.77. The van der Waals surface area contributed by atoms with Crippen molar-refractivity contribution in [2.75, 3.05) is 6.54 Å². The molecule has 0 heterocycles. The van der Waals surface area contributed by atoms with Crippen molar-refractivity contribution in [2.45, 2.75) is 40.5 Å². The summed E-state index contributed by atoms with van der Waals surface area (Å²) >= 11 is 0. The molecule has 2 atom stereocenters. The van der Waals surface area contributed by atoms with Gasteiger partial charge in [0.25, 0.3) is 0 Å². The Morgan fingerprint density at radius 3 is 2.33 bits per heavy atom. The van der Waals surface area contributed by atoms with Gasteiger partial charge >= 0.3 is 0 Å². The highest BCUT2D eigenvalue weighted by molar-refractivity contribution is 5.78. The largest absolute Gasteiger partial charge is 0.356 e. The Morgan fingerprint density at radius 1 is 1.33 bits per heavy atom. The molecule has 1 amide bonds. The van der Waals surface area contributed by atoms with Gasteiger partial charge in [0.05, 0.1) is 0 Å². The molecule has 0 fully saturated rings. The maximum atomic E-state index is 11.4. The number of rotatable bonds is 5. The molecule has 72 valence electrons. The van der Waals surface area contributed by atoms with Crippen molar-refractivity contribution in [1.82, 2.24) is 5.32 Å². The highest BCUT2D eigenvalue weighted by Crippen LogP contribution is 2.13. The second-order valence-electron chi connectivity index (χ2n) is 3.47. The van der Waals surface area contributed by atoms with Crippen LogP contribution in [0.1, 0.15) is 40.5 Å². The Labute approximate surface area is 75.7 Å². The third-order valence-electron chi connectivity index (χ3n) is 2.46. The van der Waals surface area contributed by atoms with Crippen molar-refractivity contribution in [3.05, 3.63) is 0 Å². The monoisotopic (exact) mass is 171 g/mol. The molecule has 1 N–H and O–H groups in total. The lowest BCUT2D eigenvalue weighted by atomic mass is 9.93. The minimum absolute atomic E-state index is 0.154. The summed E-state index contributed by atoms with van der Waals surface area (Å²) in [6, 6.07) is 0. The van der Waals surface area contributed by atoms with Gasteiger partial charge in [-0.15, -0.1) is 0 Å². The van der Waals surface area contributed by atoms with Gasteiger partial charge in [-0.25, -0.2) is 0 Å².